The molecule has 0 aliphatic heterocycles. The lowest BCUT2D eigenvalue weighted by Crippen LogP contribution is -2.23. The van der Waals surface area contributed by atoms with Crippen LogP contribution in [0.1, 0.15) is 38.2 Å². The van der Waals surface area contributed by atoms with E-state index in [1.165, 1.54) is 24.8 Å². The number of rotatable bonds is 6. The SMILES string of the molecule is CCC(N)Cc1cc(Br)ccc1OCC1CCC1. The van der Waals surface area contributed by atoms with Crippen molar-refractivity contribution in [2.24, 2.45) is 11.7 Å². The predicted octanol–water partition coefficient (Wildman–Crippen LogP) is 3.91. The summed E-state index contributed by atoms with van der Waals surface area (Å²) in [5, 5.41) is 0. The van der Waals surface area contributed by atoms with Gasteiger partial charge in [0.1, 0.15) is 5.75 Å². The van der Waals surface area contributed by atoms with Crippen molar-refractivity contribution in [3.05, 3.63) is 28.2 Å². The fourth-order valence-electron chi connectivity index (χ4n) is 2.14. The molecule has 1 saturated carbocycles. The summed E-state index contributed by atoms with van der Waals surface area (Å²) in [5.74, 6) is 1.77. The summed E-state index contributed by atoms with van der Waals surface area (Å²) in [6.07, 6.45) is 5.88. The Morgan fingerprint density at radius 1 is 1.44 bits per heavy atom. The highest BCUT2D eigenvalue weighted by Crippen LogP contribution is 2.29. The summed E-state index contributed by atoms with van der Waals surface area (Å²) in [5.41, 5.74) is 7.27. The van der Waals surface area contributed by atoms with E-state index < -0.39 is 0 Å². The Kier molecular flexibility index (Phi) is 5.07. The van der Waals surface area contributed by atoms with Gasteiger partial charge in [0.2, 0.25) is 0 Å². The molecule has 1 unspecified atom stereocenters. The quantitative estimate of drug-likeness (QED) is 0.864. The lowest BCUT2D eigenvalue weighted by Gasteiger charge is -2.26. The van der Waals surface area contributed by atoms with Crippen LogP contribution in [0.2, 0.25) is 0 Å². The van der Waals surface area contributed by atoms with Crippen LogP contribution >= 0.6 is 15.9 Å². The highest BCUT2D eigenvalue weighted by molar-refractivity contribution is 9.10. The second-order valence-electron chi connectivity index (χ2n) is 5.23. The molecule has 1 fully saturated rings. The number of hydrogen-bond donors (Lipinski definition) is 1. The maximum Gasteiger partial charge on any atom is 0.122 e. The fourth-order valence-corrected chi connectivity index (χ4v) is 2.55. The Hall–Kier alpha value is -0.540. The second-order valence-corrected chi connectivity index (χ2v) is 6.15. The topological polar surface area (TPSA) is 35.2 Å². The predicted molar refractivity (Wildman–Crippen MR) is 78.9 cm³/mol. The van der Waals surface area contributed by atoms with Gasteiger partial charge in [-0.2, -0.15) is 0 Å². The molecule has 2 N–H and O–H groups in total. The molecule has 3 heteroatoms. The molecule has 0 amide bonds. The average molecular weight is 312 g/mol. The highest BCUT2D eigenvalue weighted by Gasteiger charge is 2.18. The maximum atomic E-state index is 6.05. The molecule has 0 radical (unpaired) electrons. The van der Waals surface area contributed by atoms with Crippen LogP contribution in [0.5, 0.6) is 5.75 Å². The zero-order valence-corrected chi connectivity index (χ0v) is 12.6. The summed E-state index contributed by atoms with van der Waals surface area (Å²) < 4.78 is 7.06. The molecular weight excluding hydrogens is 290 g/mol. The van der Waals surface area contributed by atoms with Gasteiger partial charge in [-0.05, 0) is 55.4 Å². The zero-order valence-electron chi connectivity index (χ0n) is 11.0. The van der Waals surface area contributed by atoms with Crippen LogP contribution in [-0.2, 0) is 6.42 Å². The summed E-state index contributed by atoms with van der Waals surface area (Å²) >= 11 is 3.52. The number of benzene rings is 1. The summed E-state index contributed by atoms with van der Waals surface area (Å²) in [7, 11) is 0. The van der Waals surface area contributed by atoms with E-state index in [0.29, 0.717) is 0 Å². The monoisotopic (exact) mass is 311 g/mol. The molecule has 1 aromatic carbocycles. The maximum absolute atomic E-state index is 6.05. The van der Waals surface area contributed by atoms with Crippen molar-refractivity contribution < 1.29 is 4.74 Å². The van der Waals surface area contributed by atoms with Crippen molar-refractivity contribution in [1.82, 2.24) is 0 Å². The largest absolute Gasteiger partial charge is 0.493 e. The minimum atomic E-state index is 0.213. The minimum Gasteiger partial charge on any atom is -0.493 e. The van der Waals surface area contributed by atoms with Crippen molar-refractivity contribution in [2.45, 2.75) is 45.1 Å². The van der Waals surface area contributed by atoms with E-state index in [1.54, 1.807) is 0 Å². The molecule has 2 rings (SSSR count). The minimum absolute atomic E-state index is 0.213. The summed E-state index contributed by atoms with van der Waals surface area (Å²) in [4.78, 5) is 0. The molecule has 2 nitrogen and oxygen atoms in total. The Labute approximate surface area is 118 Å². The van der Waals surface area contributed by atoms with Gasteiger partial charge in [-0.25, -0.2) is 0 Å². The average Bonchev–Trinajstić information content (AvgIpc) is 2.29. The molecule has 1 aliphatic carbocycles. The van der Waals surface area contributed by atoms with E-state index in [2.05, 4.69) is 35.0 Å². The Morgan fingerprint density at radius 3 is 2.83 bits per heavy atom. The first-order valence-corrected chi connectivity index (χ1v) is 7.65. The first kappa shape index (κ1) is 13.9. The molecule has 1 atom stereocenters. The van der Waals surface area contributed by atoms with Crippen LogP contribution in [0.25, 0.3) is 0 Å². The molecule has 0 spiro atoms. The number of ether oxygens (including phenoxy) is 1. The summed E-state index contributed by atoms with van der Waals surface area (Å²) in [6, 6.07) is 6.44. The molecule has 100 valence electrons. The van der Waals surface area contributed by atoms with E-state index in [4.69, 9.17) is 10.5 Å². The van der Waals surface area contributed by atoms with Gasteiger partial charge in [0, 0.05) is 10.5 Å². The van der Waals surface area contributed by atoms with Gasteiger partial charge in [0.05, 0.1) is 6.61 Å². The van der Waals surface area contributed by atoms with E-state index in [1.807, 2.05) is 6.07 Å². The Bertz CT molecular complexity index is 390. The molecule has 0 bridgehead atoms. The normalized spacial score (nSPS) is 17.3. The molecule has 0 heterocycles. The van der Waals surface area contributed by atoms with Gasteiger partial charge in [-0.15, -0.1) is 0 Å². The van der Waals surface area contributed by atoms with E-state index >= 15 is 0 Å². The molecule has 18 heavy (non-hydrogen) atoms. The van der Waals surface area contributed by atoms with Crippen LogP contribution in [-0.4, -0.2) is 12.6 Å². The van der Waals surface area contributed by atoms with Gasteiger partial charge in [-0.3, -0.25) is 0 Å². The fraction of sp³-hybridized carbons (Fsp3) is 0.600. The number of nitrogens with two attached hydrogens (primary N) is 1. The molecular formula is C15H22BrNO. The standard InChI is InChI=1S/C15H22BrNO/c1-2-14(17)9-12-8-13(16)6-7-15(12)18-10-11-4-3-5-11/h6-8,11,14H,2-5,9-10,17H2,1H3. The lowest BCUT2D eigenvalue weighted by atomic mass is 9.86. The zero-order chi connectivity index (χ0) is 13.0. The Balaban J connectivity index is 2.01. The lowest BCUT2D eigenvalue weighted by molar-refractivity contribution is 0.179. The smallest absolute Gasteiger partial charge is 0.122 e. The Morgan fingerprint density at radius 2 is 2.22 bits per heavy atom. The van der Waals surface area contributed by atoms with Gasteiger partial charge in [-0.1, -0.05) is 29.3 Å². The summed E-state index contributed by atoms with van der Waals surface area (Å²) in [6.45, 7) is 2.98. The third kappa shape index (κ3) is 3.72. The van der Waals surface area contributed by atoms with Gasteiger partial charge >= 0.3 is 0 Å². The van der Waals surface area contributed by atoms with Crippen molar-refractivity contribution in [1.29, 1.82) is 0 Å². The third-order valence-electron chi connectivity index (χ3n) is 3.73. The first-order valence-electron chi connectivity index (χ1n) is 6.86. The van der Waals surface area contributed by atoms with Crippen LogP contribution < -0.4 is 10.5 Å². The van der Waals surface area contributed by atoms with Crippen molar-refractivity contribution in [3.8, 4) is 5.75 Å². The van der Waals surface area contributed by atoms with E-state index in [-0.39, 0.29) is 6.04 Å². The van der Waals surface area contributed by atoms with Crippen molar-refractivity contribution in [2.75, 3.05) is 6.61 Å². The third-order valence-corrected chi connectivity index (χ3v) is 4.22. The van der Waals surface area contributed by atoms with Crippen molar-refractivity contribution >= 4 is 15.9 Å². The van der Waals surface area contributed by atoms with Crippen LogP contribution in [0, 0.1) is 5.92 Å². The molecule has 1 aromatic rings. The van der Waals surface area contributed by atoms with Crippen molar-refractivity contribution in [3.63, 3.8) is 0 Å². The van der Waals surface area contributed by atoms with Crippen LogP contribution in [0.3, 0.4) is 0 Å². The van der Waals surface area contributed by atoms with Crippen LogP contribution in [0.15, 0.2) is 22.7 Å². The highest BCUT2D eigenvalue weighted by atomic mass is 79.9. The van der Waals surface area contributed by atoms with Gasteiger partial charge in [0.25, 0.3) is 0 Å². The molecule has 1 aliphatic rings. The first-order chi connectivity index (χ1) is 8.69. The molecule has 0 saturated heterocycles. The number of halogens is 1. The van der Waals surface area contributed by atoms with E-state index in [9.17, 15) is 0 Å². The molecule has 0 aromatic heterocycles. The number of hydrogen-bond acceptors (Lipinski definition) is 2. The van der Waals surface area contributed by atoms with Crippen LogP contribution in [0.4, 0.5) is 0 Å². The van der Waals surface area contributed by atoms with Gasteiger partial charge in [0.15, 0.2) is 0 Å². The van der Waals surface area contributed by atoms with Gasteiger partial charge < -0.3 is 10.5 Å². The second kappa shape index (κ2) is 6.58. The van der Waals surface area contributed by atoms with E-state index in [0.717, 1.165) is 35.6 Å².